The Morgan fingerprint density at radius 3 is 2.52 bits per heavy atom. The molecule has 1 aromatic carbocycles. The van der Waals surface area contributed by atoms with Gasteiger partial charge in [0, 0.05) is 38.1 Å². The first-order valence-electron chi connectivity index (χ1n) is 9.89. The standard InChI is InChI=1S/C20H33FN4O2S.HI/c1-5-13-28(26,27)25-11-9-18(10-12-25)24-19(22-4)23-15-20(2,3)16-7-6-8-17(21)14-16;/h6-8,14,18H,5,9-13,15H2,1-4H3,(H2,22,23,24);1H. The van der Waals surface area contributed by atoms with Crippen LogP contribution < -0.4 is 10.6 Å². The van der Waals surface area contributed by atoms with Crippen LogP contribution in [0.3, 0.4) is 0 Å². The normalized spacial score (nSPS) is 16.9. The van der Waals surface area contributed by atoms with Gasteiger partial charge in [0.15, 0.2) is 5.96 Å². The topological polar surface area (TPSA) is 73.8 Å². The maximum absolute atomic E-state index is 13.5. The Balaban J connectivity index is 0.00000420. The molecule has 0 aromatic heterocycles. The van der Waals surface area contributed by atoms with Gasteiger partial charge in [0.05, 0.1) is 5.75 Å². The van der Waals surface area contributed by atoms with E-state index in [0.717, 1.165) is 18.4 Å². The fraction of sp³-hybridized carbons (Fsp3) is 0.650. The first kappa shape index (κ1) is 26.1. The van der Waals surface area contributed by atoms with Gasteiger partial charge in [-0.25, -0.2) is 17.1 Å². The summed E-state index contributed by atoms with van der Waals surface area (Å²) in [6.07, 6.45) is 2.13. The number of benzene rings is 1. The first-order valence-corrected chi connectivity index (χ1v) is 11.5. The largest absolute Gasteiger partial charge is 0.356 e. The molecule has 0 amide bonds. The summed E-state index contributed by atoms with van der Waals surface area (Å²) in [5.41, 5.74) is 0.655. The van der Waals surface area contributed by atoms with E-state index in [9.17, 15) is 12.8 Å². The molecule has 0 bridgehead atoms. The Kier molecular flexibility index (Phi) is 10.3. The predicted octanol–water partition coefficient (Wildman–Crippen LogP) is 3.09. The van der Waals surface area contributed by atoms with Crippen LogP contribution in [0.25, 0.3) is 0 Å². The second-order valence-corrected chi connectivity index (χ2v) is 10.0. The highest BCUT2D eigenvalue weighted by Crippen LogP contribution is 2.23. The minimum absolute atomic E-state index is 0. The van der Waals surface area contributed by atoms with Gasteiger partial charge in [0.25, 0.3) is 0 Å². The van der Waals surface area contributed by atoms with Gasteiger partial charge in [0.1, 0.15) is 5.82 Å². The van der Waals surface area contributed by atoms with Crippen molar-refractivity contribution in [3.8, 4) is 0 Å². The lowest BCUT2D eigenvalue weighted by Gasteiger charge is -2.33. The molecule has 2 N–H and O–H groups in total. The molecule has 0 spiro atoms. The lowest BCUT2D eigenvalue weighted by atomic mass is 9.84. The second kappa shape index (κ2) is 11.5. The molecule has 1 saturated heterocycles. The number of hydrogen-bond acceptors (Lipinski definition) is 3. The van der Waals surface area contributed by atoms with E-state index in [-0.39, 0.29) is 47.0 Å². The highest BCUT2D eigenvalue weighted by atomic mass is 127. The molecule has 1 aromatic rings. The minimum Gasteiger partial charge on any atom is -0.356 e. The third-order valence-electron chi connectivity index (χ3n) is 5.18. The molecule has 1 aliphatic heterocycles. The highest BCUT2D eigenvalue weighted by molar-refractivity contribution is 14.0. The average Bonchev–Trinajstić information content (AvgIpc) is 2.65. The van der Waals surface area contributed by atoms with Crippen LogP contribution in [0.5, 0.6) is 0 Å². The fourth-order valence-electron chi connectivity index (χ4n) is 3.37. The van der Waals surface area contributed by atoms with Crippen molar-refractivity contribution >= 4 is 40.0 Å². The quantitative estimate of drug-likeness (QED) is 0.317. The molecule has 2 rings (SSSR count). The number of aliphatic imine (C=N–C) groups is 1. The first-order chi connectivity index (χ1) is 13.2. The lowest BCUT2D eigenvalue weighted by molar-refractivity contribution is 0.305. The molecule has 0 aliphatic carbocycles. The molecule has 1 heterocycles. The smallest absolute Gasteiger partial charge is 0.214 e. The van der Waals surface area contributed by atoms with Gasteiger partial charge in [0.2, 0.25) is 10.0 Å². The predicted molar refractivity (Wildman–Crippen MR) is 128 cm³/mol. The van der Waals surface area contributed by atoms with Gasteiger partial charge < -0.3 is 10.6 Å². The van der Waals surface area contributed by atoms with Crippen LogP contribution >= 0.6 is 24.0 Å². The van der Waals surface area contributed by atoms with E-state index < -0.39 is 10.0 Å². The van der Waals surface area contributed by atoms with Crippen molar-refractivity contribution in [3.05, 3.63) is 35.6 Å². The molecule has 6 nitrogen and oxygen atoms in total. The summed E-state index contributed by atoms with van der Waals surface area (Å²) in [6.45, 7) is 7.66. The van der Waals surface area contributed by atoms with Crippen molar-refractivity contribution in [2.45, 2.75) is 51.5 Å². The molecular weight excluding hydrogens is 506 g/mol. The summed E-state index contributed by atoms with van der Waals surface area (Å²) < 4.78 is 39.5. The Morgan fingerprint density at radius 2 is 1.97 bits per heavy atom. The van der Waals surface area contributed by atoms with Crippen molar-refractivity contribution in [1.82, 2.24) is 14.9 Å². The number of rotatable bonds is 7. The van der Waals surface area contributed by atoms with Gasteiger partial charge in [-0.3, -0.25) is 4.99 Å². The van der Waals surface area contributed by atoms with E-state index >= 15 is 0 Å². The third-order valence-corrected chi connectivity index (χ3v) is 7.25. The van der Waals surface area contributed by atoms with Crippen LogP contribution in [0.4, 0.5) is 4.39 Å². The zero-order valence-corrected chi connectivity index (χ0v) is 20.9. The van der Waals surface area contributed by atoms with Crippen molar-refractivity contribution in [3.63, 3.8) is 0 Å². The van der Waals surface area contributed by atoms with Crippen molar-refractivity contribution in [2.24, 2.45) is 4.99 Å². The molecule has 0 saturated carbocycles. The van der Waals surface area contributed by atoms with Crippen molar-refractivity contribution < 1.29 is 12.8 Å². The van der Waals surface area contributed by atoms with Gasteiger partial charge in [-0.1, -0.05) is 32.9 Å². The zero-order valence-electron chi connectivity index (χ0n) is 17.7. The third kappa shape index (κ3) is 7.67. The van der Waals surface area contributed by atoms with Crippen LogP contribution in [0, 0.1) is 5.82 Å². The molecule has 9 heteroatoms. The van der Waals surface area contributed by atoms with E-state index in [1.165, 1.54) is 6.07 Å². The number of hydrogen-bond donors (Lipinski definition) is 2. The summed E-state index contributed by atoms with van der Waals surface area (Å²) in [4.78, 5) is 4.28. The molecule has 0 unspecified atom stereocenters. The number of nitrogens with one attached hydrogen (secondary N) is 2. The number of halogens is 2. The van der Waals surface area contributed by atoms with E-state index in [1.54, 1.807) is 23.5 Å². The Hall–Kier alpha value is -0.940. The molecule has 1 aliphatic rings. The van der Waals surface area contributed by atoms with Gasteiger partial charge in [-0.2, -0.15) is 0 Å². The van der Waals surface area contributed by atoms with Crippen LogP contribution in [-0.2, 0) is 15.4 Å². The van der Waals surface area contributed by atoms with Gasteiger partial charge >= 0.3 is 0 Å². The zero-order chi connectivity index (χ0) is 20.8. The summed E-state index contributed by atoms with van der Waals surface area (Å²) >= 11 is 0. The summed E-state index contributed by atoms with van der Waals surface area (Å²) in [7, 11) is -1.41. The minimum atomic E-state index is -3.13. The van der Waals surface area contributed by atoms with E-state index in [2.05, 4.69) is 29.5 Å². The van der Waals surface area contributed by atoms with Crippen molar-refractivity contribution in [2.75, 3.05) is 32.4 Å². The summed E-state index contributed by atoms with van der Waals surface area (Å²) in [5.74, 6) is 0.654. The summed E-state index contributed by atoms with van der Waals surface area (Å²) in [6, 6.07) is 6.83. The van der Waals surface area contributed by atoms with E-state index in [0.29, 0.717) is 32.0 Å². The van der Waals surface area contributed by atoms with Crippen LogP contribution in [0.2, 0.25) is 0 Å². The maximum Gasteiger partial charge on any atom is 0.214 e. The molecule has 29 heavy (non-hydrogen) atoms. The van der Waals surface area contributed by atoms with Crippen molar-refractivity contribution in [1.29, 1.82) is 0 Å². The molecular formula is C20H34FIN4O2S. The van der Waals surface area contributed by atoms with Gasteiger partial charge in [-0.15, -0.1) is 24.0 Å². The Labute approximate surface area is 191 Å². The van der Waals surface area contributed by atoms with Gasteiger partial charge in [-0.05, 0) is 37.0 Å². The Bertz CT molecular complexity index is 778. The Morgan fingerprint density at radius 1 is 1.31 bits per heavy atom. The van der Waals surface area contributed by atoms with Crippen LogP contribution in [0.1, 0.15) is 45.6 Å². The molecule has 166 valence electrons. The molecule has 1 fully saturated rings. The SMILES string of the molecule is CCCS(=O)(=O)N1CCC(NC(=NC)NCC(C)(C)c2cccc(F)c2)CC1.I. The second-order valence-electron chi connectivity index (χ2n) is 7.95. The fourth-order valence-corrected chi connectivity index (χ4v) is 4.91. The molecule has 0 atom stereocenters. The summed E-state index contributed by atoms with van der Waals surface area (Å²) in [5, 5.41) is 6.71. The average molecular weight is 540 g/mol. The molecule has 0 radical (unpaired) electrons. The van der Waals surface area contributed by atoms with E-state index in [4.69, 9.17) is 0 Å². The monoisotopic (exact) mass is 540 g/mol. The number of nitrogens with zero attached hydrogens (tertiary/aromatic N) is 2. The number of piperidine rings is 1. The highest BCUT2D eigenvalue weighted by Gasteiger charge is 2.28. The lowest BCUT2D eigenvalue weighted by Crippen LogP contribution is -2.51. The number of guanidine groups is 1. The van der Waals surface area contributed by atoms with E-state index in [1.807, 2.05) is 13.0 Å². The number of sulfonamides is 1. The van der Waals surface area contributed by atoms with Crippen LogP contribution in [-0.4, -0.2) is 57.2 Å². The maximum atomic E-state index is 13.5. The van der Waals surface area contributed by atoms with Crippen LogP contribution in [0.15, 0.2) is 29.3 Å².